The average molecular weight is 219 g/mol. The van der Waals surface area contributed by atoms with Gasteiger partial charge in [0.15, 0.2) is 0 Å². The van der Waals surface area contributed by atoms with Crippen LogP contribution in [0.15, 0.2) is 24.8 Å². The molecule has 1 fully saturated rings. The molecule has 84 valence electrons. The highest BCUT2D eigenvalue weighted by Gasteiger charge is 2.30. The molecule has 0 heterocycles. The third-order valence-corrected chi connectivity index (χ3v) is 2.88. The van der Waals surface area contributed by atoms with Crippen molar-refractivity contribution in [3.8, 4) is 0 Å². The summed E-state index contributed by atoms with van der Waals surface area (Å²) in [6.45, 7) is 3.60. The Labute approximate surface area is 94.4 Å². The third kappa shape index (κ3) is 1.98. The number of hydrogen-bond donors (Lipinski definition) is 0. The van der Waals surface area contributed by atoms with Crippen molar-refractivity contribution in [2.24, 2.45) is 0 Å². The number of carbonyl (C=O) groups excluding carboxylic acids is 1. The summed E-state index contributed by atoms with van der Waals surface area (Å²) in [5.74, 6) is -0.405. The van der Waals surface area contributed by atoms with Gasteiger partial charge in [0.25, 0.3) is 5.91 Å². The molecule has 0 unspecified atom stereocenters. The van der Waals surface area contributed by atoms with Crippen LogP contribution in [0.2, 0.25) is 0 Å². The summed E-state index contributed by atoms with van der Waals surface area (Å²) in [6.07, 6.45) is 3.64. The molecule has 0 aliphatic heterocycles. The topological polar surface area (TPSA) is 20.3 Å². The molecule has 2 nitrogen and oxygen atoms in total. The molecule has 1 aromatic rings. The van der Waals surface area contributed by atoms with Crippen LogP contribution >= 0.6 is 0 Å². The van der Waals surface area contributed by atoms with Gasteiger partial charge < -0.3 is 4.90 Å². The van der Waals surface area contributed by atoms with Crippen molar-refractivity contribution in [1.29, 1.82) is 0 Å². The van der Waals surface area contributed by atoms with Crippen molar-refractivity contribution in [2.75, 3.05) is 7.05 Å². The Bertz CT molecular complexity index is 438. The van der Waals surface area contributed by atoms with Crippen molar-refractivity contribution in [3.63, 3.8) is 0 Å². The number of benzene rings is 1. The van der Waals surface area contributed by atoms with E-state index in [0.717, 1.165) is 12.8 Å². The molecule has 1 aliphatic rings. The van der Waals surface area contributed by atoms with Crippen LogP contribution in [0.3, 0.4) is 0 Å². The number of hydrogen-bond acceptors (Lipinski definition) is 1. The van der Waals surface area contributed by atoms with Gasteiger partial charge in [-0.1, -0.05) is 12.7 Å². The molecule has 1 aromatic carbocycles. The molecule has 0 saturated heterocycles. The van der Waals surface area contributed by atoms with Crippen LogP contribution in [0.1, 0.15) is 28.8 Å². The number of carbonyl (C=O) groups is 1. The number of nitrogens with zero attached hydrogens (tertiary/aromatic N) is 1. The van der Waals surface area contributed by atoms with Crippen molar-refractivity contribution >= 4 is 12.0 Å². The lowest BCUT2D eigenvalue weighted by Gasteiger charge is -2.17. The Balaban J connectivity index is 2.31. The first-order chi connectivity index (χ1) is 7.63. The molecule has 1 aliphatic carbocycles. The maximum absolute atomic E-state index is 13.0. The van der Waals surface area contributed by atoms with E-state index in [1.807, 2.05) is 0 Å². The first-order valence-corrected chi connectivity index (χ1v) is 5.32. The zero-order valence-electron chi connectivity index (χ0n) is 9.24. The van der Waals surface area contributed by atoms with Crippen LogP contribution < -0.4 is 0 Å². The third-order valence-electron chi connectivity index (χ3n) is 2.88. The largest absolute Gasteiger partial charge is 0.339 e. The second kappa shape index (κ2) is 4.08. The lowest BCUT2D eigenvalue weighted by atomic mass is 10.1. The summed E-state index contributed by atoms with van der Waals surface area (Å²) >= 11 is 0. The molecule has 0 N–H and O–H groups in total. The minimum absolute atomic E-state index is 0.0580. The van der Waals surface area contributed by atoms with Gasteiger partial charge in [-0.2, -0.15) is 0 Å². The zero-order chi connectivity index (χ0) is 11.7. The van der Waals surface area contributed by atoms with E-state index >= 15 is 0 Å². The van der Waals surface area contributed by atoms with E-state index < -0.39 is 0 Å². The van der Waals surface area contributed by atoms with E-state index in [4.69, 9.17) is 0 Å². The fourth-order valence-corrected chi connectivity index (χ4v) is 1.71. The number of amides is 1. The summed E-state index contributed by atoms with van der Waals surface area (Å²) in [7, 11) is 1.79. The van der Waals surface area contributed by atoms with Crippen molar-refractivity contribution < 1.29 is 9.18 Å². The van der Waals surface area contributed by atoms with Crippen LogP contribution in [0, 0.1) is 5.82 Å². The highest BCUT2D eigenvalue weighted by molar-refractivity contribution is 5.97. The van der Waals surface area contributed by atoms with E-state index in [9.17, 15) is 9.18 Å². The first kappa shape index (κ1) is 10.9. The quantitative estimate of drug-likeness (QED) is 0.765. The predicted molar refractivity (Wildman–Crippen MR) is 61.6 cm³/mol. The van der Waals surface area contributed by atoms with Crippen LogP contribution in [0.5, 0.6) is 0 Å². The summed E-state index contributed by atoms with van der Waals surface area (Å²) in [6, 6.07) is 4.52. The molecule has 3 heteroatoms. The maximum Gasteiger partial charge on any atom is 0.254 e. The monoisotopic (exact) mass is 219 g/mol. The van der Waals surface area contributed by atoms with Gasteiger partial charge >= 0.3 is 0 Å². The van der Waals surface area contributed by atoms with Gasteiger partial charge in [-0.25, -0.2) is 4.39 Å². The molecule has 0 bridgehead atoms. The minimum atomic E-state index is -0.347. The normalized spacial score (nSPS) is 14.6. The van der Waals surface area contributed by atoms with E-state index in [1.165, 1.54) is 24.3 Å². The van der Waals surface area contributed by atoms with Crippen LogP contribution in [0.4, 0.5) is 4.39 Å². The second-order valence-corrected chi connectivity index (χ2v) is 4.08. The van der Waals surface area contributed by atoms with Gasteiger partial charge in [0, 0.05) is 18.7 Å². The Kier molecular flexibility index (Phi) is 2.77. The highest BCUT2D eigenvalue weighted by atomic mass is 19.1. The summed E-state index contributed by atoms with van der Waals surface area (Å²) in [5, 5.41) is 0. The Hall–Kier alpha value is -1.64. The molecular weight excluding hydrogens is 205 g/mol. The molecule has 16 heavy (non-hydrogen) atoms. The standard InChI is InChI=1S/C13H14FNO/c1-3-9-8-10(14)4-7-12(9)13(16)15(2)11-5-6-11/h3-4,7-8,11H,1,5-6H2,2H3. The number of rotatable bonds is 3. The van der Waals surface area contributed by atoms with Gasteiger partial charge in [0.2, 0.25) is 0 Å². The SMILES string of the molecule is C=Cc1cc(F)ccc1C(=O)N(C)C1CC1. The van der Waals surface area contributed by atoms with Crippen LogP contribution in [0.25, 0.3) is 6.08 Å². The molecule has 0 aromatic heterocycles. The summed E-state index contributed by atoms with van der Waals surface area (Å²) in [4.78, 5) is 13.8. The van der Waals surface area contributed by atoms with E-state index in [-0.39, 0.29) is 11.7 Å². The van der Waals surface area contributed by atoms with Gasteiger partial charge in [-0.05, 0) is 36.6 Å². The molecule has 0 radical (unpaired) electrons. The smallest absolute Gasteiger partial charge is 0.254 e. The minimum Gasteiger partial charge on any atom is -0.339 e. The molecule has 0 atom stereocenters. The Morgan fingerprint density at radius 1 is 1.56 bits per heavy atom. The maximum atomic E-state index is 13.0. The van der Waals surface area contributed by atoms with Crippen LogP contribution in [-0.4, -0.2) is 23.9 Å². The lowest BCUT2D eigenvalue weighted by molar-refractivity contribution is 0.0785. The molecule has 0 spiro atoms. The summed E-state index contributed by atoms with van der Waals surface area (Å²) in [5.41, 5.74) is 1.07. The Morgan fingerprint density at radius 3 is 2.81 bits per heavy atom. The second-order valence-electron chi connectivity index (χ2n) is 4.08. The fraction of sp³-hybridized carbons (Fsp3) is 0.308. The lowest BCUT2D eigenvalue weighted by Crippen LogP contribution is -2.29. The fourth-order valence-electron chi connectivity index (χ4n) is 1.71. The zero-order valence-corrected chi connectivity index (χ0v) is 9.24. The summed E-state index contributed by atoms with van der Waals surface area (Å²) < 4.78 is 13.0. The predicted octanol–water partition coefficient (Wildman–Crippen LogP) is 2.70. The van der Waals surface area contributed by atoms with Crippen LogP contribution in [-0.2, 0) is 0 Å². The Morgan fingerprint density at radius 2 is 2.25 bits per heavy atom. The van der Waals surface area contributed by atoms with Crippen molar-refractivity contribution in [1.82, 2.24) is 4.90 Å². The number of halogens is 1. The highest BCUT2D eigenvalue weighted by Crippen LogP contribution is 2.27. The van der Waals surface area contributed by atoms with E-state index in [0.29, 0.717) is 17.2 Å². The van der Waals surface area contributed by atoms with Crippen molar-refractivity contribution in [2.45, 2.75) is 18.9 Å². The van der Waals surface area contributed by atoms with E-state index in [1.54, 1.807) is 11.9 Å². The van der Waals surface area contributed by atoms with Crippen molar-refractivity contribution in [3.05, 3.63) is 41.7 Å². The van der Waals surface area contributed by atoms with Gasteiger partial charge in [0.1, 0.15) is 5.82 Å². The average Bonchev–Trinajstić information content (AvgIpc) is 3.10. The molecule has 1 amide bonds. The van der Waals surface area contributed by atoms with Gasteiger partial charge in [0.05, 0.1) is 0 Å². The molecule has 2 rings (SSSR count). The van der Waals surface area contributed by atoms with Gasteiger partial charge in [-0.15, -0.1) is 0 Å². The van der Waals surface area contributed by atoms with E-state index in [2.05, 4.69) is 6.58 Å². The van der Waals surface area contributed by atoms with Gasteiger partial charge in [-0.3, -0.25) is 4.79 Å². The molecule has 1 saturated carbocycles. The molecular formula is C13H14FNO. The first-order valence-electron chi connectivity index (χ1n) is 5.32.